The van der Waals surface area contributed by atoms with Gasteiger partial charge in [0.25, 0.3) is 0 Å². The third-order valence-electron chi connectivity index (χ3n) is 3.29. The fourth-order valence-corrected chi connectivity index (χ4v) is 2.41. The molecule has 1 atom stereocenters. The number of hydrogen-bond acceptors (Lipinski definition) is 1. The maximum Gasteiger partial charge on any atom is 0.311 e. The van der Waals surface area contributed by atoms with E-state index >= 15 is 0 Å². The quantitative estimate of drug-likeness (QED) is 0.805. The lowest BCUT2D eigenvalue weighted by Gasteiger charge is -2.18. The second kappa shape index (κ2) is 3.74. The molecule has 1 aliphatic rings. The molecule has 2 heteroatoms. The van der Waals surface area contributed by atoms with Gasteiger partial charge in [-0.05, 0) is 40.5 Å². The van der Waals surface area contributed by atoms with E-state index < -0.39 is 11.9 Å². The van der Waals surface area contributed by atoms with Gasteiger partial charge in [-0.3, -0.25) is 4.79 Å². The number of hydrogen-bond donors (Lipinski definition) is 1. The average Bonchev–Trinajstić information content (AvgIpc) is 2.35. The van der Waals surface area contributed by atoms with Crippen molar-refractivity contribution < 1.29 is 9.90 Å². The molecule has 0 saturated carbocycles. The highest BCUT2D eigenvalue weighted by Crippen LogP contribution is 2.33. The fraction of sp³-hybridized carbons (Fsp3) is 0.133. The zero-order valence-electron chi connectivity index (χ0n) is 9.26. The molecular formula is C15H12O2. The van der Waals surface area contributed by atoms with Gasteiger partial charge in [-0.2, -0.15) is 0 Å². The summed E-state index contributed by atoms with van der Waals surface area (Å²) < 4.78 is 0. The first-order chi connectivity index (χ1) is 8.25. The summed E-state index contributed by atoms with van der Waals surface area (Å²) in [5.41, 5.74) is 1.96. The molecule has 2 aromatic rings. The van der Waals surface area contributed by atoms with Crippen LogP contribution in [0.15, 0.2) is 42.5 Å². The van der Waals surface area contributed by atoms with Gasteiger partial charge in [-0.1, -0.05) is 36.4 Å². The molecule has 0 bridgehead atoms. The van der Waals surface area contributed by atoms with Gasteiger partial charge in [-0.25, -0.2) is 0 Å². The Balaban J connectivity index is 2.27. The van der Waals surface area contributed by atoms with E-state index in [1.165, 1.54) is 0 Å². The molecule has 1 aliphatic carbocycles. The maximum absolute atomic E-state index is 11.2. The molecule has 0 saturated heterocycles. The minimum Gasteiger partial charge on any atom is -0.481 e. The highest BCUT2D eigenvalue weighted by Gasteiger charge is 2.23. The minimum atomic E-state index is -0.745. The van der Waals surface area contributed by atoms with Crippen LogP contribution in [0.4, 0.5) is 0 Å². The summed E-state index contributed by atoms with van der Waals surface area (Å²) in [6.07, 6.45) is 4.54. The Morgan fingerprint density at radius 3 is 2.59 bits per heavy atom. The Morgan fingerprint density at radius 2 is 1.88 bits per heavy atom. The lowest BCUT2D eigenvalue weighted by molar-refractivity contribution is -0.138. The monoisotopic (exact) mass is 224 g/mol. The van der Waals surface area contributed by atoms with Gasteiger partial charge in [0.1, 0.15) is 0 Å². The predicted octanol–water partition coefficient (Wildman–Crippen LogP) is 3.42. The molecule has 2 aromatic carbocycles. The molecule has 0 spiro atoms. The normalized spacial score (nSPS) is 18.0. The molecule has 2 nitrogen and oxygen atoms in total. The number of carboxylic acid groups (broad SMARTS) is 1. The van der Waals surface area contributed by atoms with Crippen LogP contribution in [0.1, 0.15) is 23.5 Å². The van der Waals surface area contributed by atoms with Crippen LogP contribution in [0.5, 0.6) is 0 Å². The third-order valence-corrected chi connectivity index (χ3v) is 3.29. The number of carboxylic acids is 1. The number of benzene rings is 2. The molecule has 3 rings (SSSR count). The van der Waals surface area contributed by atoms with Gasteiger partial charge >= 0.3 is 5.97 Å². The highest BCUT2D eigenvalue weighted by molar-refractivity contribution is 5.89. The van der Waals surface area contributed by atoms with E-state index in [2.05, 4.69) is 6.07 Å². The molecule has 0 fully saturated rings. The first kappa shape index (κ1) is 10.1. The van der Waals surface area contributed by atoms with Crippen LogP contribution in [0.2, 0.25) is 0 Å². The standard InChI is InChI=1S/C15H12O2/c16-15(17)13-7-3-6-12-8-10-4-1-2-5-11(10)9-14(12)13/h1-6,8-9,13H,7H2,(H,16,17). The summed E-state index contributed by atoms with van der Waals surface area (Å²) in [6.45, 7) is 0. The summed E-state index contributed by atoms with van der Waals surface area (Å²) in [6, 6.07) is 12.1. The van der Waals surface area contributed by atoms with Crippen LogP contribution in [0.3, 0.4) is 0 Å². The topological polar surface area (TPSA) is 37.3 Å². The average molecular weight is 224 g/mol. The van der Waals surface area contributed by atoms with Crippen LogP contribution < -0.4 is 0 Å². The van der Waals surface area contributed by atoms with Crippen molar-refractivity contribution in [2.75, 3.05) is 0 Å². The number of rotatable bonds is 1. The van der Waals surface area contributed by atoms with E-state index in [1.54, 1.807) is 0 Å². The van der Waals surface area contributed by atoms with E-state index in [4.69, 9.17) is 0 Å². The van der Waals surface area contributed by atoms with Gasteiger partial charge in [-0.15, -0.1) is 0 Å². The van der Waals surface area contributed by atoms with Crippen molar-refractivity contribution in [3.05, 3.63) is 53.6 Å². The third kappa shape index (κ3) is 1.62. The van der Waals surface area contributed by atoms with Crippen LogP contribution in [0, 0.1) is 0 Å². The van der Waals surface area contributed by atoms with Crippen molar-refractivity contribution in [3.63, 3.8) is 0 Å². The molecule has 17 heavy (non-hydrogen) atoms. The van der Waals surface area contributed by atoms with E-state index in [0.717, 1.165) is 21.9 Å². The Kier molecular flexibility index (Phi) is 2.22. The number of allylic oxidation sites excluding steroid dienone is 1. The predicted molar refractivity (Wildman–Crippen MR) is 68.0 cm³/mol. The van der Waals surface area contributed by atoms with Crippen molar-refractivity contribution in [3.8, 4) is 0 Å². The van der Waals surface area contributed by atoms with Crippen molar-refractivity contribution in [1.29, 1.82) is 0 Å². The molecule has 0 aromatic heterocycles. The van der Waals surface area contributed by atoms with Gasteiger partial charge < -0.3 is 5.11 Å². The molecular weight excluding hydrogens is 212 g/mol. The summed E-state index contributed by atoms with van der Waals surface area (Å²) in [5, 5.41) is 11.5. The van der Waals surface area contributed by atoms with Gasteiger partial charge in [0, 0.05) is 0 Å². The second-order valence-corrected chi connectivity index (χ2v) is 4.36. The highest BCUT2D eigenvalue weighted by atomic mass is 16.4. The molecule has 84 valence electrons. The first-order valence-corrected chi connectivity index (χ1v) is 5.68. The summed E-state index contributed by atoms with van der Waals surface area (Å²) in [7, 11) is 0. The Hall–Kier alpha value is -2.09. The van der Waals surface area contributed by atoms with Gasteiger partial charge in [0.2, 0.25) is 0 Å². The summed E-state index contributed by atoms with van der Waals surface area (Å²) in [4.78, 5) is 11.2. The van der Waals surface area contributed by atoms with Crippen molar-refractivity contribution in [2.24, 2.45) is 0 Å². The van der Waals surface area contributed by atoms with Crippen LogP contribution in [-0.2, 0) is 4.79 Å². The van der Waals surface area contributed by atoms with Crippen molar-refractivity contribution >= 4 is 22.8 Å². The minimum absolute atomic E-state index is 0.403. The number of aliphatic carboxylic acids is 1. The molecule has 1 N–H and O–H groups in total. The number of carbonyl (C=O) groups is 1. The van der Waals surface area contributed by atoms with Crippen LogP contribution >= 0.6 is 0 Å². The van der Waals surface area contributed by atoms with Gasteiger partial charge in [0.15, 0.2) is 0 Å². The fourth-order valence-electron chi connectivity index (χ4n) is 2.41. The maximum atomic E-state index is 11.2. The van der Waals surface area contributed by atoms with Crippen LogP contribution in [0.25, 0.3) is 16.8 Å². The lowest BCUT2D eigenvalue weighted by atomic mass is 9.85. The lowest BCUT2D eigenvalue weighted by Crippen LogP contribution is -2.14. The summed E-state index contributed by atoms with van der Waals surface area (Å²) in [5.74, 6) is -1.15. The first-order valence-electron chi connectivity index (χ1n) is 5.68. The molecule has 1 unspecified atom stereocenters. The molecule has 0 aliphatic heterocycles. The molecule has 0 radical (unpaired) electrons. The zero-order chi connectivity index (χ0) is 11.8. The van der Waals surface area contributed by atoms with E-state index in [-0.39, 0.29) is 0 Å². The number of fused-ring (bicyclic) bond motifs is 2. The Bertz CT molecular complexity index is 626. The summed E-state index contributed by atoms with van der Waals surface area (Å²) >= 11 is 0. The van der Waals surface area contributed by atoms with Gasteiger partial charge in [0.05, 0.1) is 5.92 Å². The van der Waals surface area contributed by atoms with Crippen LogP contribution in [-0.4, -0.2) is 11.1 Å². The van der Waals surface area contributed by atoms with E-state index in [1.807, 2.05) is 42.5 Å². The Morgan fingerprint density at radius 1 is 1.18 bits per heavy atom. The SMILES string of the molecule is O=C(O)C1CC=Cc2cc3ccccc3cc21. The van der Waals surface area contributed by atoms with E-state index in [0.29, 0.717) is 6.42 Å². The van der Waals surface area contributed by atoms with E-state index in [9.17, 15) is 9.90 Å². The van der Waals surface area contributed by atoms with Crippen molar-refractivity contribution in [2.45, 2.75) is 12.3 Å². The second-order valence-electron chi connectivity index (χ2n) is 4.36. The largest absolute Gasteiger partial charge is 0.481 e. The zero-order valence-corrected chi connectivity index (χ0v) is 9.26. The van der Waals surface area contributed by atoms with Crippen molar-refractivity contribution in [1.82, 2.24) is 0 Å². The Labute approximate surface area is 99.2 Å². The molecule has 0 heterocycles. The molecule has 0 amide bonds. The smallest absolute Gasteiger partial charge is 0.311 e.